The fourth-order valence-corrected chi connectivity index (χ4v) is 3.58. The average Bonchev–Trinajstić information content (AvgIpc) is 3.03. The summed E-state index contributed by atoms with van der Waals surface area (Å²) in [5.74, 6) is -0.150. The van der Waals surface area contributed by atoms with E-state index in [1.165, 1.54) is 5.56 Å². The number of nitrogens with zero attached hydrogens (tertiary/aromatic N) is 3. The van der Waals surface area contributed by atoms with Crippen LogP contribution < -0.4 is 5.32 Å². The van der Waals surface area contributed by atoms with Crippen LogP contribution in [-0.4, -0.2) is 20.7 Å². The summed E-state index contributed by atoms with van der Waals surface area (Å²) >= 11 is 6.37. The predicted molar refractivity (Wildman–Crippen MR) is 116 cm³/mol. The Morgan fingerprint density at radius 3 is 2.52 bits per heavy atom. The number of nitrogens with one attached hydrogen (secondary N) is 1. The Morgan fingerprint density at radius 2 is 1.79 bits per heavy atom. The molecule has 29 heavy (non-hydrogen) atoms. The number of amides is 1. The van der Waals surface area contributed by atoms with Crippen molar-refractivity contribution in [3.8, 4) is 5.69 Å². The number of carbonyl (C=O) groups is 1. The molecule has 5 nitrogen and oxygen atoms in total. The van der Waals surface area contributed by atoms with Gasteiger partial charge in [0.05, 0.1) is 27.4 Å². The van der Waals surface area contributed by atoms with Crippen LogP contribution in [0.15, 0.2) is 54.6 Å². The maximum absolute atomic E-state index is 13.0. The molecule has 0 atom stereocenters. The van der Waals surface area contributed by atoms with Crippen molar-refractivity contribution in [1.29, 1.82) is 0 Å². The van der Waals surface area contributed by atoms with E-state index >= 15 is 0 Å². The lowest BCUT2D eigenvalue weighted by atomic mass is 10.1. The van der Waals surface area contributed by atoms with Crippen molar-refractivity contribution in [2.24, 2.45) is 0 Å². The van der Waals surface area contributed by atoms with E-state index in [1.54, 1.807) is 10.7 Å². The Kier molecular flexibility index (Phi) is 5.07. The predicted octanol–water partition coefficient (Wildman–Crippen LogP) is 4.93. The lowest BCUT2D eigenvalue weighted by Crippen LogP contribution is -2.23. The molecule has 0 saturated carbocycles. The maximum Gasteiger partial charge on any atom is 0.252 e. The van der Waals surface area contributed by atoms with Gasteiger partial charge in [0.25, 0.3) is 5.91 Å². The van der Waals surface area contributed by atoms with E-state index in [0.29, 0.717) is 22.8 Å². The Morgan fingerprint density at radius 1 is 1.07 bits per heavy atom. The van der Waals surface area contributed by atoms with Crippen LogP contribution in [0.25, 0.3) is 16.7 Å². The topological polar surface area (TPSA) is 59.8 Å². The average molecular weight is 405 g/mol. The van der Waals surface area contributed by atoms with E-state index in [0.717, 1.165) is 28.0 Å². The number of halogens is 1. The number of fused-ring (bicyclic) bond motifs is 1. The van der Waals surface area contributed by atoms with Gasteiger partial charge in [0.1, 0.15) is 0 Å². The maximum atomic E-state index is 13.0. The normalized spacial score (nSPS) is 11.0. The first kappa shape index (κ1) is 19.2. The van der Waals surface area contributed by atoms with Gasteiger partial charge in [-0.3, -0.25) is 4.79 Å². The van der Waals surface area contributed by atoms with Gasteiger partial charge < -0.3 is 5.32 Å². The van der Waals surface area contributed by atoms with Crippen LogP contribution in [0.5, 0.6) is 0 Å². The van der Waals surface area contributed by atoms with Crippen LogP contribution >= 0.6 is 11.6 Å². The van der Waals surface area contributed by atoms with Crippen molar-refractivity contribution in [3.05, 3.63) is 87.7 Å². The molecule has 2 heterocycles. The van der Waals surface area contributed by atoms with Crippen LogP contribution in [0.1, 0.15) is 32.9 Å². The van der Waals surface area contributed by atoms with Crippen LogP contribution in [0.2, 0.25) is 5.02 Å². The molecule has 4 aromatic rings. The summed E-state index contributed by atoms with van der Waals surface area (Å²) < 4.78 is 1.71. The van der Waals surface area contributed by atoms with Gasteiger partial charge >= 0.3 is 0 Å². The Labute approximate surface area is 174 Å². The van der Waals surface area contributed by atoms with Crippen molar-refractivity contribution < 1.29 is 4.79 Å². The molecule has 2 aromatic heterocycles. The van der Waals surface area contributed by atoms with Gasteiger partial charge in [-0.2, -0.15) is 5.10 Å². The molecule has 0 aliphatic heterocycles. The van der Waals surface area contributed by atoms with Crippen molar-refractivity contribution in [2.45, 2.75) is 27.3 Å². The van der Waals surface area contributed by atoms with Gasteiger partial charge in [-0.15, -0.1) is 0 Å². The number of pyridine rings is 1. The SMILES string of the molecule is Cc1ccc(CNC(=O)c2cc(C)nc3c2c(C)nn3-c2ccccc2Cl)cc1. The monoisotopic (exact) mass is 404 g/mol. The summed E-state index contributed by atoms with van der Waals surface area (Å²) in [6.45, 7) is 6.25. The molecule has 0 aliphatic rings. The number of aromatic nitrogens is 3. The molecule has 0 saturated heterocycles. The second kappa shape index (κ2) is 7.68. The van der Waals surface area contributed by atoms with Gasteiger partial charge in [0.15, 0.2) is 5.65 Å². The fourth-order valence-electron chi connectivity index (χ4n) is 3.37. The van der Waals surface area contributed by atoms with Crippen LogP contribution in [0.3, 0.4) is 0 Å². The van der Waals surface area contributed by atoms with Crippen LogP contribution in [-0.2, 0) is 6.54 Å². The zero-order valence-electron chi connectivity index (χ0n) is 16.5. The third kappa shape index (κ3) is 3.74. The molecule has 2 aromatic carbocycles. The molecule has 0 fully saturated rings. The third-order valence-electron chi connectivity index (χ3n) is 4.84. The zero-order chi connectivity index (χ0) is 20.5. The highest BCUT2D eigenvalue weighted by molar-refractivity contribution is 6.32. The quantitative estimate of drug-likeness (QED) is 0.524. The second-order valence-corrected chi connectivity index (χ2v) is 7.53. The highest BCUT2D eigenvalue weighted by Crippen LogP contribution is 2.28. The molecule has 4 rings (SSSR count). The standard InChI is InChI=1S/C23H21ClN4O/c1-14-8-10-17(11-9-14)13-25-23(29)18-12-15(2)26-22-21(18)16(3)27-28(22)20-7-5-4-6-19(20)24/h4-12H,13H2,1-3H3,(H,25,29). The summed E-state index contributed by atoms with van der Waals surface area (Å²) in [6, 6.07) is 17.4. The molecule has 0 unspecified atom stereocenters. The number of para-hydroxylation sites is 1. The van der Waals surface area contributed by atoms with Crippen molar-refractivity contribution in [2.75, 3.05) is 0 Å². The van der Waals surface area contributed by atoms with Crippen molar-refractivity contribution >= 4 is 28.5 Å². The summed E-state index contributed by atoms with van der Waals surface area (Å²) in [5.41, 5.74) is 5.63. The molecule has 1 N–H and O–H groups in total. The number of rotatable bonds is 4. The molecule has 1 amide bonds. The van der Waals surface area contributed by atoms with Gasteiger partial charge in [-0.05, 0) is 44.5 Å². The van der Waals surface area contributed by atoms with E-state index in [-0.39, 0.29) is 5.91 Å². The molecular formula is C23H21ClN4O. The largest absolute Gasteiger partial charge is 0.348 e. The first-order valence-electron chi connectivity index (χ1n) is 9.39. The van der Waals surface area contributed by atoms with Crippen molar-refractivity contribution in [1.82, 2.24) is 20.1 Å². The van der Waals surface area contributed by atoms with E-state index in [2.05, 4.69) is 15.4 Å². The minimum atomic E-state index is -0.150. The molecule has 0 spiro atoms. The fraction of sp³-hybridized carbons (Fsp3) is 0.174. The summed E-state index contributed by atoms with van der Waals surface area (Å²) in [4.78, 5) is 17.7. The smallest absolute Gasteiger partial charge is 0.252 e. The Balaban J connectivity index is 1.74. The summed E-state index contributed by atoms with van der Waals surface area (Å²) in [5, 5.41) is 8.94. The van der Waals surface area contributed by atoms with Crippen LogP contribution in [0.4, 0.5) is 0 Å². The molecule has 146 valence electrons. The summed E-state index contributed by atoms with van der Waals surface area (Å²) in [7, 11) is 0. The molecule has 0 aliphatic carbocycles. The highest BCUT2D eigenvalue weighted by atomic mass is 35.5. The Hall–Kier alpha value is -3.18. The van der Waals surface area contributed by atoms with Crippen molar-refractivity contribution in [3.63, 3.8) is 0 Å². The Bertz CT molecular complexity index is 1210. The second-order valence-electron chi connectivity index (χ2n) is 7.13. The summed E-state index contributed by atoms with van der Waals surface area (Å²) in [6.07, 6.45) is 0. The third-order valence-corrected chi connectivity index (χ3v) is 5.16. The number of benzene rings is 2. The number of aryl methyl sites for hydroxylation is 3. The van der Waals surface area contributed by atoms with Gasteiger partial charge in [0.2, 0.25) is 0 Å². The van der Waals surface area contributed by atoms with Crippen LogP contribution in [0, 0.1) is 20.8 Å². The van der Waals surface area contributed by atoms with E-state index < -0.39 is 0 Å². The van der Waals surface area contributed by atoms with Gasteiger partial charge in [-0.25, -0.2) is 9.67 Å². The van der Waals surface area contributed by atoms with Gasteiger partial charge in [-0.1, -0.05) is 53.6 Å². The van der Waals surface area contributed by atoms with E-state index in [9.17, 15) is 4.79 Å². The molecule has 0 radical (unpaired) electrons. The highest BCUT2D eigenvalue weighted by Gasteiger charge is 2.20. The number of carbonyl (C=O) groups excluding carboxylic acids is 1. The van der Waals surface area contributed by atoms with E-state index in [4.69, 9.17) is 11.6 Å². The minimum Gasteiger partial charge on any atom is -0.348 e. The first-order valence-corrected chi connectivity index (χ1v) is 9.77. The lowest BCUT2D eigenvalue weighted by molar-refractivity contribution is 0.0952. The van der Waals surface area contributed by atoms with E-state index in [1.807, 2.05) is 69.3 Å². The molecular weight excluding hydrogens is 384 g/mol. The number of hydrogen-bond acceptors (Lipinski definition) is 3. The van der Waals surface area contributed by atoms with Gasteiger partial charge in [0, 0.05) is 12.2 Å². The number of hydrogen-bond donors (Lipinski definition) is 1. The zero-order valence-corrected chi connectivity index (χ0v) is 17.3. The molecule has 0 bridgehead atoms. The lowest BCUT2D eigenvalue weighted by Gasteiger charge is -2.09. The first-order chi connectivity index (χ1) is 13.9. The minimum absolute atomic E-state index is 0.150. The molecule has 6 heteroatoms.